The molecule has 2 heterocycles. The summed E-state index contributed by atoms with van der Waals surface area (Å²) in [5.41, 5.74) is 2.23. The van der Waals surface area contributed by atoms with Crippen molar-refractivity contribution in [1.82, 2.24) is 15.3 Å². The third-order valence-electron chi connectivity index (χ3n) is 4.22. The van der Waals surface area contributed by atoms with Gasteiger partial charge in [0, 0.05) is 36.5 Å². The van der Waals surface area contributed by atoms with E-state index in [2.05, 4.69) is 35.3 Å². The van der Waals surface area contributed by atoms with Crippen molar-refractivity contribution in [2.75, 3.05) is 25.0 Å². The molecule has 4 heteroatoms. The van der Waals surface area contributed by atoms with E-state index in [4.69, 9.17) is 9.97 Å². The monoisotopic (exact) mass is 296 g/mol. The van der Waals surface area contributed by atoms with Crippen LogP contribution in [0.4, 0.5) is 5.82 Å². The van der Waals surface area contributed by atoms with Gasteiger partial charge in [-0.25, -0.2) is 9.97 Å². The van der Waals surface area contributed by atoms with E-state index < -0.39 is 0 Å². The molecule has 1 aliphatic rings. The van der Waals surface area contributed by atoms with Crippen LogP contribution in [0.5, 0.6) is 0 Å². The van der Waals surface area contributed by atoms with E-state index in [1.165, 1.54) is 6.42 Å². The SMILES string of the molecule is CCCc1cc(N2CCC(NC)C2)nc(-c2ccccc2)n1. The number of anilines is 1. The van der Waals surface area contributed by atoms with Crippen LogP contribution < -0.4 is 10.2 Å². The van der Waals surface area contributed by atoms with Crippen molar-refractivity contribution in [3.8, 4) is 11.4 Å². The molecule has 1 unspecified atom stereocenters. The van der Waals surface area contributed by atoms with Crippen LogP contribution in [0.2, 0.25) is 0 Å². The molecule has 22 heavy (non-hydrogen) atoms. The molecule has 1 atom stereocenters. The molecule has 1 aromatic carbocycles. The first-order chi connectivity index (χ1) is 10.8. The molecule has 0 spiro atoms. The molecule has 0 radical (unpaired) electrons. The second kappa shape index (κ2) is 6.88. The molecule has 116 valence electrons. The minimum Gasteiger partial charge on any atom is -0.355 e. The van der Waals surface area contributed by atoms with Gasteiger partial charge in [0.1, 0.15) is 5.82 Å². The number of benzene rings is 1. The lowest BCUT2D eigenvalue weighted by Gasteiger charge is -2.19. The van der Waals surface area contributed by atoms with E-state index in [1.807, 2.05) is 25.2 Å². The molecule has 1 aromatic heterocycles. The van der Waals surface area contributed by atoms with E-state index >= 15 is 0 Å². The third kappa shape index (κ3) is 3.28. The number of hydrogen-bond acceptors (Lipinski definition) is 4. The Labute approximate surface area is 132 Å². The van der Waals surface area contributed by atoms with Gasteiger partial charge >= 0.3 is 0 Å². The average molecular weight is 296 g/mol. The van der Waals surface area contributed by atoms with Crippen molar-refractivity contribution in [3.05, 3.63) is 42.1 Å². The van der Waals surface area contributed by atoms with Crippen molar-refractivity contribution in [3.63, 3.8) is 0 Å². The second-order valence-electron chi connectivity index (χ2n) is 5.88. The molecule has 1 saturated heterocycles. The lowest BCUT2D eigenvalue weighted by atomic mass is 10.2. The maximum Gasteiger partial charge on any atom is 0.161 e. The highest BCUT2D eigenvalue weighted by atomic mass is 15.2. The summed E-state index contributed by atoms with van der Waals surface area (Å²) in [5, 5.41) is 3.36. The van der Waals surface area contributed by atoms with Crippen LogP contribution in [0, 0.1) is 0 Å². The van der Waals surface area contributed by atoms with Gasteiger partial charge in [0.2, 0.25) is 0 Å². The molecule has 1 N–H and O–H groups in total. The molecule has 0 amide bonds. The van der Waals surface area contributed by atoms with Crippen LogP contribution in [0.1, 0.15) is 25.5 Å². The predicted octanol–water partition coefficient (Wildman–Crippen LogP) is 2.89. The maximum atomic E-state index is 4.82. The summed E-state index contributed by atoms with van der Waals surface area (Å²) in [6.07, 6.45) is 3.27. The first-order valence-electron chi connectivity index (χ1n) is 8.15. The fraction of sp³-hybridized carbons (Fsp3) is 0.444. The lowest BCUT2D eigenvalue weighted by Crippen LogP contribution is -2.30. The van der Waals surface area contributed by atoms with Crippen LogP contribution in [0.3, 0.4) is 0 Å². The van der Waals surface area contributed by atoms with Crippen molar-refractivity contribution in [2.45, 2.75) is 32.2 Å². The predicted molar refractivity (Wildman–Crippen MR) is 91.1 cm³/mol. The van der Waals surface area contributed by atoms with Crippen molar-refractivity contribution in [2.24, 2.45) is 0 Å². The van der Waals surface area contributed by atoms with Gasteiger partial charge in [-0.05, 0) is 19.9 Å². The lowest BCUT2D eigenvalue weighted by molar-refractivity contribution is 0.616. The minimum atomic E-state index is 0.560. The van der Waals surface area contributed by atoms with E-state index in [1.54, 1.807) is 0 Å². The Morgan fingerprint density at radius 2 is 2.05 bits per heavy atom. The maximum absolute atomic E-state index is 4.82. The average Bonchev–Trinajstić information content (AvgIpc) is 3.05. The zero-order valence-electron chi connectivity index (χ0n) is 13.4. The fourth-order valence-electron chi connectivity index (χ4n) is 2.95. The summed E-state index contributed by atoms with van der Waals surface area (Å²) in [4.78, 5) is 11.9. The molecular formula is C18H24N4. The van der Waals surface area contributed by atoms with E-state index in [0.29, 0.717) is 6.04 Å². The van der Waals surface area contributed by atoms with Gasteiger partial charge in [0.15, 0.2) is 5.82 Å². The number of likely N-dealkylation sites (N-methyl/N-ethyl adjacent to an activating group) is 1. The van der Waals surface area contributed by atoms with Gasteiger partial charge in [-0.1, -0.05) is 43.7 Å². The van der Waals surface area contributed by atoms with E-state index in [0.717, 1.165) is 48.8 Å². The van der Waals surface area contributed by atoms with Crippen LogP contribution in [-0.4, -0.2) is 36.1 Å². The molecule has 1 aliphatic heterocycles. The summed E-state index contributed by atoms with van der Waals surface area (Å²) in [6.45, 7) is 4.27. The standard InChI is InChI=1S/C18H24N4/c1-3-7-15-12-17(22-11-10-16(13-22)19-2)21-18(20-15)14-8-5-4-6-9-14/h4-6,8-9,12,16,19H,3,7,10-11,13H2,1-2H3. The van der Waals surface area contributed by atoms with E-state index in [9.17, 15) is 0 Å². The number of aryl methyl sites for hydroxylation is 1. The highest BCUT2D eigenvalue weighted by Gasteiger charge is 2.23. The zero-order chi connectivity index (χ0) is 15.4. The Bertz CT molecular complexity index is 612. The third-order valence-corrected chi connectivity index (χ3v) is 4.22. The van der Waals surface area contributed by atoms with Crippen molar-refractivity contribution in [1.29, 1.82) is 0 Å². The summed E-state index contributed by atoms with van der Waals surface area (Å²) < 4.78 is 0. The molecule has 1 fully saturated rings. The van der Waals surface area contributed by atoms with Crippen LogP contribution >= 0.6 is 0 Å². The number of rotatable bonds is 5. The smallest absolute Gasteiger partial charge is 0.161 e. The fourth-order valence-corrected chi connectivity index (χ4v) is 2.95. The highest BCUT2D eigenvalue weighted by Crippen LogP contribution is 2.23. The second-order valence-corrected chi connectivity index (χ2v) is 5.88. The van der Waals surface area contributed by atoms with Gasteiger partial charge in [0.25, 0.3) is 0 Å². The Kier molecular flexibility index (Phi) is 4.68. The first-order valence-corrected chi connectivity index (χ1v) is 8.15. The Balaban J connectivity index is 1.94. The summed E-state index contributed by atoms with van der Waals surface area (Å²) in [7, 11) is 2.03. The van der Waals surface area contributed by atoms with Gasteiger partial charge in [-0.15, -0.1) is 0 Å². The van der Waals surface area contributed by atoms with Crippen molar-refractivity contribution < 1.29 is 0 Å². The molecule has 0 saturated carbocycles. The topological polar surface area (TPSA) is 41.0 Å². The van der Waals surface area contributed by atoms with Gasteiger partial charge < -0.3 is 10.2 Å². The summed E-state index contributed by atoms with van der Waals surface area (Å²) in [5.74, 6) is 1.91. The molecule has 4 nitrogen and oxygen atoms in total. The van der Waals surface area contributed by atoms with E-state index in [-0.39, 0.29) is 0 Å². The van der Waals surface area contributed by atoms with Crippen molar-refractivity contribution >= 4 is 5.82 Å². The minimum absolute atomic E-state index is 0.560. The zero-order valence-corrected chi connectivity index (χ0v) is 13.4. The largest absolute Gasteiger partial charge is 0.355 e. The quantitative estimate of drug-likeness (QED) is 0.921. The number of nitrogens with zero attached hydrogens (tertiary/aromatic N) is 3. The number of aromatic nitrogens is 2. The Morgan fingerprint density at radius 3 is 2.73 bits per heavy atom. The summed E-state index contributed by atoms with van der Waals surface area (Å²) >= 11 is 0. The summed E-state index contributed by atoms with van der Waals surface area (Å²) in [6, 6.07) is 13.0. The van der Waals surface area contributed by atoms with Gasteiger partial charge in [-0.3, -0.25) is 0 Å². The molecule has 3 rings (SSSR count). The number of hydrogen-bond donors (Lipinski definition) is 1. The number of nitrogens with one attached hydrogen (secondary N) is 1. The molecular weight excluding hydrogens is 272 g/mol. The molecule has 0 bridgehead atoms. The molecule has 0 aliphatic carbocycles. The normalized spacial score (nSPS) is 17.9. The molecule has 2 aromatic rings. The van der Waals surface area contributed by atoms with Gasteiger partial charge in [-0.2, -0.15) is 0 Å². The Morgan fingerprint density at radius 1 is 1.23 bits per heavy atom. The van der Waals surface area contributed by atoms with Crippen LogP contribution in [0.25, 0.3) is 11.4 Å². The van der Waals surface area contributed by atoms with Crippen LogP contribution in [0.15, 0.2) is 36.4 Å². The highest BCUT2D eigenvalue weighted by molar-refractivity contribution is 5.58. The first kappa shape index (κ1) is 15.0. The van der Waals surface area contributed by atoms with Crippen LogP contribution in [-0.2, 0) is 6.42 Å². The Hall–Kier alpha value is -1.94. The van der Waals surface area contributed by atoms with Gasteiger partial charge in [0.05, 0.1) is 0 Å².